The van der Waals surface area contributed by atoms with Crippen molar-refractivity contribution in [1.29, 1.82) is 0 Å². The Morgan fingerprint density at radius 1 is 0.769 bits per heavy atom. The lowest BCUT2D eigenvalue weighted by molar-refractivity contribution is 0.319. The minimum Gasteiger partial charge on any atom is -0.410 e. The van der Waals surface area contributed by atoms with Gasteiger partial charge in [0.1, 0.15) is 5.71 Å². The van der Waals surface area contributed by atoms with Crippen molar-refractivity contribution >= 4 is 16.5 Å². The fraction of sp³-hybridized carbons (Fsp3) is 0.0435. The molecule has 3 heteroatoms. The predicted octanol–water partition coefficient (Wildman–Crippen LogP) is 5.05. The van der Waals surface area contributed by atoms with E-state index in [4.69, 9.17) is 0 Å². The van der Waals surface area contributed by atoms with Gasteiger partial charge in [0.15, 0.2) is 0 Å². The SMILES string of the molecule is ON=C(c1ccccn1)c1ccccc1Cc1cccc2ccccc12. The van der Waals surface area contributed by atoms with Gasteiger partial charge < -0.3 is 5.21 Å². The third-order valence-corrected chi connectivity index (χ3v) is 4.54. The number of nitrogens with zero attached hydrogens (tertiary/aromatic N) is 2. The third-order valence-electron chi connectivity index (χ3n) is 4.54. The quantitative estimate of drug-likeness (QED) is 0.321. The summed E-state index contributed by atoms with van der Waals surface area (Å²) in [5.41, 5.74) is 4.37. The largest absolute Gasteiger partial charge is 0.410 e. The summed E-state index contributed by atoms with van der Waals surface area (Å²) in [7, 11) is 0. The summed E-state index contributed by atoms with van der Waals surface area (Å²) in [6.45, 7) is 0. The highest BCUT2D eigenvalue weighted by molar-refractivity contribution is 6.12. The molecule has 0 saturated heterocycles. The second-order valence-electron chi connectivity index (χ2n) is 6.14. The number of fused-ring (bicyclic) bond motifs is 1. The Morgan fingerprint density at radius 2 is 1.50 bits per heavy atom. The van der Waals surface area contributed by atoms with Crippen LogP contribution in [0.15, 0.2) is 96.3 Å². The summed E-state index contributed by atoms with van der Waals surface area (Å²) < 4.78 is 0. The van der Waals surface area contributed by atoms with Crippen molar-refractivity contribution in [3.05, 3.63) is 114 Å². The van der Waals surface area contributed by atoms with Gasteiger partial charge in [0.2, 0.25) is 0 Å². The molecular weight excluding hydrogens is 320 g/mol. The van der Waals surface area contributed by atoms with E-state index in [1.165, 1.54) is 16.3 Å². The standard InChI is InChI=1S/C23H18N2O/c26-25-23(22-14-5-6-15-24-22)21-13-4-2-9-19(21)16-18-11-7-10-17-8-1-3-12-20(17)18/h1-15,26H,16H2. The lowest BCUT2D eigenvalue weighted by Gasteiger charge is -2.12. The summed E-state index contributed by atoms with van der Waals surface area (Å²) in [6.07, 6.45) is 2.46. The van der Waals surface area contributed by atoms with Crippen LogP contribution in [0.5, 0.6) is 0 Å². The van der Waals surface area contributed by atoms with E-state index in [1.54, 1.807) is 6.20 Å². The molecule has 4 rings (SSSR count). The Balaban J connectivity index is 1.79. The van der Waals surface area contributed by atoms with Crippen LogP contribution in [0.2, 0.25) is 0 Å². The van der Waals surface area contributed by atoms with Gasteiger partial charge in [-0.05, 0) is 40.5 Å². The first-order valence-electron chi connectivity index (χ1n) is 8.55. The van der Waals surface area contributed by atoms with Crippen molar-refractivity contribution in [3.8, 4) is 0 Å². The zero-order chi connectivity index (χ0) is 17.8. The van der Waals surface area contributed by atoms with E-state index >= 15 is 0 Å². The molecule has 0 aliphatic heterocycles. The maximum atomic E-state index is 9.64. The van der Waals surface area contributed by atoms with Crippen molar-refractivity contribution < 1.29 is 5.21 Å². The molecule has 0 unspecified atom stereocenters. The minimum absolute atomic E-state index is 0.487. The van der Waals surface area contributed by atoms with Gasteiger partial charge in [-0.3, -0.25) is 4.98 Å². The van der Waals surface area contributed by atoms with Crippen LogP contribution in [-0.4, -0.2) is 15.9 Å². The van der Waals surface area contributed by atoms with Crippen LogP contribution < -0.4 is 0 Å². The number of pyridine rings is 1. The molecule has 1 aromatic heterocycles. The third kappa shape index (κ3) is 3.07. The fourth-order valence-corrected chi connectivity index (χ4v) is 3.30. The highest BCUT2D eigenvalue weighted by Crippen LogP contribution is 2.24. The normalized spacial score (nSPS) is 11.6. The lowest BCUT2D eigenvalue weighted by atomic mass is 9.93. The second-order valence-corrected chi connectivity index (χ2v) is 6.14. The van der Waals surface area contributed by atoms with Crippen LogP contribution in [0.25, 0.3) is 10.8 Å². The van der Waals surface area contributed by atoms with Gasteiger partial charge in [0, 0.05) is 11.8 Å². The van der Waals surface area contributed by atoms with Crippen molar-refractivity contribution in [2.75, 3.05) is 0 Å². The van der Waals surface area contributed by atoms with Gasteiger partial charge in [-0.25, -0.2) is 0 Å². The highest BCUT2D eigenvalue weighted by atomic mass is 16.4. The number of oxime groups is 1. The van der Waals surface area contributed by atoms with Crippen LogP contribution in [0.3, 0.4) is 0 Å². The monoisotopic (exact) mass is 338 g/mol. The van der Waals surface area contributed by atoms with Gasteiger partial charge in [0.05, 0.1) is 5.69 Å². The zero-order valence-corrected chi connectivity index (χ0v) is 14.2. The van der Waals surface area contributed by atoms with Crippen molar-refractivity contribution in [2.24, 2.45) is 5.16 Å². The molecule has 0 radical (unpaired) electrons. The molecule has 0 amide bonds. The van der Waals surface area contributed by atoms with Gasteiger partial charge in [-0.15, -0.1) is 0 Å². The van der Waals surface area contributed by atoms with E-state index in [0.717, 1.165) is 17.5 Å². The summed E-state index contributed by atoms with van der Waals surface area (Å²) in [5.74, 6) is 0. The van der Waals surface area contributed by atoms with Crippen LogP contribution in [0.4, 0.5) is 0 Å². The Morgan fingerprint density at radius 3 is 2.35 bits per heavy atom. The molecule has 0 saturated carbocycles. The summed E-state index contributed by atoms with van der Waals surface area (Å²) in [5, 5.41) is 15.7. The molecule has 0 spiro atoms. The average molecular weight is 338 g/mol. The van der Waals surface area contributed by atoms with Crippen LogP contribution in [0.1, 0.15) is 22.4 Å². The number of rotatable bonds is 4. The van der Waals surface area contributed by atoms with Gasteiger partial charge in [0.25, 0.3) is 0 Å². The molecule has 0 aliphatic carbocycles. The number of hydrogen-bond acceptors (Lipinski definition) is 3. The van der Waals surface area contributed by atoms with E-state index in [9.17, 15) is 5.21 Å². The summed E-state index contributed by atoms with van der Waals surface area (Å²) >= 11 is 0. The van der Waals surface area contributed by atoms with Crippen molar-refractivity contribution in [1.82, 2.24) is 4.98 Å². The summed E-state index contributed by atoms with van der Waals surface area (Å²) in [4.78, 5) is 4.33. The van der Waals surface area contributed by atoms with E-state index in [0.29, 0.717) is 11.4 Å². The van der Waals surface area contributed by atoms with Crippen LogP contribution in [-0.2, 0) is 6.42 Å². The molecule has 126 valence electrons. The van der Waals surface area contributed by atoms with Crippen molar-refractivity contribution in [2.45, 2.75) is 6.42 Å². The predicted molar refractivity (Wildman–Crippen MR) is 105 cm³/mol. The molecule has 3 aromatic carbocycles. The number of hydrogen-bond donors (Lipinski definition) is 1. The lowest BCUT2D eigenvalue weighted by Crippen LogP contribution is -2.09. The molecule has 26 heavy (non-hydrogen) atoms. The molecule has 4 aromatic rings. The van der Waals surface area contributed by atoms with Gasteiger partial charge in [-0.2, -0.15) is 0 Å². The van der Waals surface area contributed by atoms with Gasteiger partial charge in [-0.1, -0.05) is 78.0 Å². The molecule has 1 heterocycles. The van der Waals surface area contributed by atoms with E-state index < -0.39 is 0 Å². The first kappa shape index (κ1) is 16.0. The molecule has 0 bridgehead atoms. The Kier molecular flexibility index (Phi) is 4.44. The zero-order valence-electron chi connectivity index (χ0n) is 14.2. The first-order valence-corrected chi connectivity index (χ1v) is 8.55. The van der Waals surface area contributed by atoms with E-state index in [2.05, 4.69) is 58.7 Å². The number of aromatic nitrogens is 1. The molecular formula is C23H18N2O. The van der Waals surface area contributed by atoms with E-state index in [-0.39, 0.29) is 0 Å². The first-order chi connectivity index (χ1) is 12.9. The van der Waals surface area contributed by atoms with Gasteiger partial charge >= 0.3 is 0 Å². The maximum Gasteiger partial charge on any atom is 0.135 e. The topological polar surface area (TPSA) is 45.5 Å². The fourth-order valence-electron chi connectivity index (χ4n) is 3.30. The molecule has 0 atom stereocenters. The smallest absolute Gasteiger partial charge is 0.135 e. The maximum absolute atomic E-state index is 9.64. The average Bonchev–Trinajstić information content (AvgIpc) is 2.71. The summed E-state index contributed by atoms with van der Waals surface area (Å²) in [6, 6.07) is 28.3. The Hall–Kier alpha value is -3.46. The molecule has 0 aliphatic rings. The molecule has 1 N–H and O–H groups in total. The van der Waals surface area contributed by atoms with Crippen LogP contribution in [0, 0.1) is 0 Å². The van der Waals surface area contributed by atoms with E-state index in [1.807, 2.05) is 36.4 Å². The number of benzene rings is 3. The minimum atomic E-state index is 0.487. The highest BCUT2D eigenvalue weighted by Gasteiger charge is 2.14. The Bertz CT molecular complexity index is 1070. The van der Waals surface area contributed by atoms with Crippen LogP contribution >= 0.6 is 0 Å². The van der Waals surface area contributed by atoms with Crippen molar-refractivity contribution in [3.63, 3.8) is 0 Å². The Labute approximate surface area is 152 Å². The molecule has 3 nitrogen and oxygen atoms in total. The molecule has 0 fully saturated rings. The second kappa shape index (κ2) is 7.19.